The highest BCUT2D eigenvalue weighted by atomic mass is 32.2. The van der Waals surface area contributed by atoms with Crippen LogP contribution < -0.4 is 20.7 Å². The summed E-state index contributed by atoms with van der Waals surface area (Å²) in [5.74, 6) is -0.458. The van der Waals surface area contributed by atoms with Crippen molar-refractivity contribution in [3.8, 4) is 0 Å². The minimum atomic E-state index is -3.91. The number of imide groups is 1. The molecule has 2 unspecified atom stereocenters. The van der Waals surface area contributed by atoms with E-state index in [1.165, 1.54) is 23.9 Å². The van der Waals surface area contributed by atoms with Crippen LogP contribution in [-0.4, -0.2) is 44.3 Å². The molecule has 1 heterocycles. The first kappa shape index (κ1) is 24.7. The quantitative estimate of drug-likeness (QED) is 0.398. The monoisotopic (exact) mass is 490 g/mol. The van der Waals surface area contributed by atoms with Crippen molar-refractivity contribution < 1.29 is 22.8 Å². The van der Waals surface area contributed by atoms with Crippen LogP contribution in [0.3, 0.4) is 0 Å². The number of carbonyl (C=O) groups excluding carboxylic acids is 3. The summed E-state index contributed by atoms with van der Waals surface area (Å²) in [6, 6.07) is 11.3. The fourth-order valence-electron chi connectivity index (χ4n) is 3.34. The summed E-state index contributed by atoms with van der Waals surface area (Å²) < 4.78 is 28.2. The van der Waals surface area contributed by atoms with Gasteiger partial charge in [0, 0.05) is 5.69 Å². The van der Waals surface area contributed by atoms with Gasteiger partial charge in [0.25, 0.3) is 5.91 Å². The van der Waals surface area contributed by atoms with Crippen molar-refractivity contribution >= 4 is 45.3 Å². The van der Waals surface area contributed by atoms with Crippen molar-refractivity contribution in [2.45, 2.75) is 36.7 Å². The summed E-state index contributed by atoms with van der Waals surface area (Å²) in [6.45, 7) is 3.42. The Morgan fingerprint density at radius 2 is 1.85 bits per heavy atom. The Morgan fingerprint density at radius 1 is 1.15 bits per heavy atom. The molecule has 0 aromatic heterocycles. The van der Waals surface area contributed by atoms with E-state index in [2.05, 4.69) is 20.7 Å². The second-order valence-electron chi connectivity index (χ2n) is 7.87. The molecule has 1 fully saturated rings. The summed E-state index contributed by atoms with van der Waals surface area (Å²) in [7, 11) is -3.91. The van der Waals surface area contributed by atoms with Gasteiger partial charge in [-0.1, -0.05) is 29.8 Å². The number of sulfonamides is 1. The molecule has 0 spiro atoms. The lowest BCUT2D eigenvalue weighted by Gasteiger charge is -2.22. The van der Waals surface area contributed by atoms with Crippen LogP contribution in [-0.2, 0) is 25.2 Å². The number of thioether (sulfide) groups is 1. The maximum atomic E-state index is 13.0. The number of anilines is 1. The van der Waals surface area contributed by atoms with E-state index in [0.29, 0.717) is 17.0 Å². The number of hydrogen-bond donors (Lipinski definition) is 4. The molecule has 4 amide bonds. The van der Waals surface area contributed by atoms with Gasteiger partial charge in [0.15, 0.2) is 0 Å². The summed E-state index contributed by atoms with van der Waals surface area (Å²) in [6.07, 6.45) is 2.16. The molecule has 1 saturated heterocycles. The fraction of sp³-hybridized carbons (Fsp3) is 0.318. The summed E-state index contributed by atoms with van der Waals surface area (Å²) in [4.78, 5) is 36.9. The van der Waals surface area contributed by atoms with E-state index in [9.17, 15) is 22.8 Å². The maximum Gasteiger partial charge on any atom is 0.322 e. The zero-order valence-electron chi connectivity index (χ0n) is 18.5. The lowest BCUT2D eigenvalue weighted by atomic mass is 9.92. The zero-order chi connectivity index (χ0) is 24.2. The molecule has 0 aliphatic carbocycles. The molecule has 0 bridgehead atoms. The van der Waals surface area contributed by atoms with Crippen LogP contribution >= 0.6 is 11.8 Å². The molecule has 0 radical (unpaired) electrons. The highest BCUT2D eigenvalue weighted by molar-refractivity contribution is 7.98. The first-order valence-electron chi connectivity index (χ1n) is 10.2. The van der Waals surface area contributed by atoms with Crippen molar-refractivity contribution in [3.63, 3.8) is 0 Å². The number of carbonyl (C=O) groups is 3. The van der Waals surface area contributed by atoms with Gasteiger partial charge in [-0.05, 0) is 62.1 Å². The van der Waals surface area contributed by atoms with Crippen molar-refractivity contribution in [1.29, 1.82) is 0 Å². The molecular weight excluding hydrogens is 464 g/mol. The number of benzene rings is 2. The van der Waals surface area contributed by atoms with Gasteiger partial charge in [-0.2, -0.15) is 16.5 Å². The third-order valence-corrected chi connectivity index (χ3v) is 7.44. The largest absolute Gasteiger partial charge is 0.325 e. The molecule has 2 aromatic carbocycles. The lowest BCUT2D eigenvalue weighted by molar-refractivity contribution is -0.123. The van der Waals surface area contributed by atoms with E-state index < -0.39 is 39.4 Å². The van der Waals surface area contributed by atoms with Crippen molar-refractivity contribution in [2.75, 3.05) is 17.3 Å². The molecule has 33 heavy (non-hydrogen) atoms. The Bertz CT molecular complexity index is 1170. The predicted molar refractivity (Wildman–Crippen MR) is 127 cm³/mol. The van der Waals surface area contributed by atoms with Crippen LogP contribution in [0.1, 0.15) is 24.5 Å². The van der Waals surface area contributed by atoms with Gasteiger partial charge in [0.1, 0.15) is 11.6 Å². The standard InChI is InChI=1S/C22H26N4O5S2/c1-14-7-9-17(10-8-14)33(30,31)26-18(11-12-32-3)19(27)23-16-6-4-5-15(13-16)22(2)20(28)24-21(29)25-22/h4-10,13,18,26H,11-12H2,1-3H3,(H,23,27)(H2,24,25,28,29). The number of aryl methyl sites for hydroxylation is 1. The second-order valence-corrected chi connectivity index (χ2v) is 10.6. The van der Waals surface area contributed by atoms with Crippen molar-refractivity contribution in [3.05, 3.63) is 59.7 Å². The Labute approximate surface area is 197 Å². The molecule has 176 valence electrons. The van der Waals surface area contributed by atoms with Gasteiger partial charge in [-0.3, -0.25) is 14.9 Å². The SMILES string of the molecule is CSCCC(NS(=O)(=O)c1ccc(C)cc1)C(=O)Nc1cccc(C2(C)NC(=O)NC2=O)c1. The molecule has 1 aliphatic rings. The topological polar surface area (TPSA) is 133 Å². The van der Waals surface area contributed by atoms with Crippen molar-refractivity contribution in [2.24, 2.45) is 0 Å². The zero-order valence-corrected chi connectivity index (χ0v) is 20.1. The van der Waals surface area contributed by atoms with Crippen LogP contribution in [0.5, 0.6) is 0 Å². The summed E-state index contributed by atoms with van der Waals surface area (Å²) in [5, 5.41) is 7.49. The normalized spacial score (nSPS) is 19.0. The Kier molecular flexibility index (Phi) is 7.45. The number of urea groups is 1. The Morgan fingerprint density at radius 3 is 2.45 bits per heavy atom. The predicted octanol–water partition coefficient (Wildman–Crippen LogP) is 2.09. The van der Waals surface area contributed by atoms with Gasteiger partial charge in [0.05, 0.1) is 4.90 Å². The summed E-state index contributed by atoms with van der Waals surface area (Å²) >= 11 is 1.50. The van der Waals surface area contributed by atoms with Crippen LogP contribution in [0.25, 0.3) is 0 Å². The summed E-state index contributed by atoms with van der Waals surface area (Å²) in [5.41, 5.74) is 0.496. The second kappa shape index (κ2) is 9.94. The smallest absolute Gasteiger partial charge is 0.322 e. The molecule has 11 heteroatoms. The third kappa shape index (κ3) is 5.73. The average Bonchev–Trinajstić information content (AvgIpc) is 3.03. The Balaban J connectivity index is 1.80. The lowest BCUT2D eigenvalue weighted by Crippen LogP contribution is -2.44. The number of rotatable bonds is 9. The first-order valence-corrected chi connectivity index (χ1v) is 13.1. The molecule has 4 N–H and O–H groups in total. The van der Waals surface area contributed by atoms with E-state index in [-0.39, 0.29) is 11.3 Å². The molecular formula is C22H26N4O5S2. The van der Waals surface area contributed by atoms with Gasteiger partial charge in [-0.25, -0.2) is 13.2 Å². The number of amides is 4. The number of hydrogen-bond acceptors (Lipinski definition) is 6. The molecule has 2 aromatic rings. The fourth-order valence-corrected chi connectivity index (χ4v) is 5.04. The highest BCUT2D eigenvalue weighted by Crippen LogP contribution is 2.26. The van der Waals surface area contributed by atoms with E-state index in [4.69, 9.17) is 0 Å². The minimum absolute atomic E-state index is 0.0768. The van der Waals surface area contributed by atoms with E-state index in [1.54, 1.807) is 43.3 Å². The van der Waals surface area contributed by atoms with E-state index in [1.807, 2.05) is 13.2 Å². The maximum absolute atomic E-state index is 13.0. The molecule has 2 atom stereocenters. The van der Waals surface area contributed by atoms with Crippen LogP contribution in [0.2, 0.25) is 0 Å². The van der Waals surface area contributed by atoms with Gasteiger partial charge >= 0.3 is 6.03 Å². The highest BCUT2D eigenvalue weighted by Gasteiger charge is 2.43. The average molecular weight is 491 g/mol. The van der Waals surface area contributed by atoms with E-state index in [0.717, 1.165) is 5.56 Å². The van der Waals surface area contributed by atoms with Crippen LogP contribution in [0, 0.1) is 6.92 Å². The Hall–Kier alpha value is -2.89. The van der Waals surface area contributed by atoms with Gasteiger partial charge in [0.2, 0.25) is 15.9 Å². The first-order chi connectivity index (χ1) is 15.5. The van der Waals surface area contributed by atoms with Crippen molar-refractivity contribution in [1.82, 2.24) is 15.4 Å². The van der Waals surface area contributed by atoms with Crippen LogP contribution in [0.15, 0.2) is 53.4 Å². The molecule has 9 nitrogen and oxygen atoms in total. The third-order valence-electron chi connectivity index (χ3n) is 5.31. The minimum Gasteiger partial charge on any atom is -0.325 e. The van der Waals surface area contributed by atoms with Gasteiger partial charge < -0.3 is 10.6 Å². The van der Waals surface area contributed by atoms with Gasteiger partial charge in [-0.15, -0.1) is 0 Å². The number of nitrogens with one attached hydrogen (secondary N) is 4. The van der Waals surface area contributed by atoms with E-state index >= 15 is 0 Å². The molecule has 3 rings (SSSR count). The molecule has 1 aliphatic heterocycles. The molecule has 0 saturated carbocycles. The van der Waals surface area contributed by atoms with Crippen LogP contribution in [0.4, 0.5) is 10.5 Å².